The van der Waals surface area contributed by atoms with Gasteiger partial charge in [0, 0.05) is 46.6 Å². The van der Waals surface area contributed by atoms with E-state index in [0.717, 1.165) is 50.1 Å². The Morgan fingerprint density at radius 1 is 1.23 bits per heavy atom. The topological polar surface area (TPSA) is 76.4 Å². The Morgan fingerprint density at radius 2 is 2.00 bits per heavy atom. The summed E-state index contributed by atoms with van der Waals surface area (Å²) in [6.45, 7) is 9.08. The van der Waals surface area contributed by atoms with Gasteiger partial charge in [0.2, 0.25) is 0 Å². The third kappa shape index (κ3) is 6.68. The second-order valence-electron chi connectivity index (χ2n) is 7.72. The van der Waals surface area contributed by atoms with Gasteiger partial charge in [-0.3, -0.25) is 4.99 Å². The van der Waals surface area contributed by atoms with Gasteiger partial charge in [0.05, 0.1) is 6.10 Å². The molecule has 0 aliphatic carbocycles. The van der Waals surface area contributed by atoms with Crippen molar-refractivity contribution in [2.45, 2.75) is 65.5 Å². The average molecular weight is 478 g/mol. The van der Waals surface area contributed by atoms with Crippen LogP contribution in [0.2, 0.25) is 0 Å². The third-order valence-electron chi connectivity index (χ3n) is 4.76. The second-order valence-corrected chi connectivity index (χ2v) is 7.72. The van der Waals surface area contributed by atoms with Crippen LogP contribution in [0.15, 0.2) is 4.99 Å². The van der Waals surface area contributed by atoms with E-state index in [1.807, 2.05) is 0 Å². The van der Waals surface area contributed by atoms with Crippen LogP contribution in [0.25, 0.3) is 0 Å². The quantitative estimate of drug-likeness (QED) is 0.373. The molecule has 150 valence electrons. The van der Waals surface area contributed by atoms with E-state index in [2.05, 4.69) is 51.2 Å². The molecule has 0 radical (unpaired) electrons. The van der Waals surface area contributed by atoms with Crippen molar-refractivity contribution in [2.24, 2.45) is 10.4 Å². The largest absolute Gasteiger partial charge is 0.379 e. The molecule has 7 nitrogen and oxygen atoms in total. The molecule has 26 heavy (non-hydrogen) atoms. The van der Waals surface area contributed by atoms with Crippen molar-refractivity contribution >= 4 is 29.9 Å². The number of halogens is 1. The number of fused-ring (bicyclic) bond motifs is 1. The summed E-state index contributed by atoms with van der Waals surface area (Å²) in [6.07, 6.45) is 5.75. The van der Waals surface area contributed by atoms with E-state index < -0.39 is 0 Å². The van der Waals surface area contributed by atoms with Gasteiger partial charge in [0.15, 0.2) is 5.96 Å². The van der Waals surface area contributed by atoms with Crippen molar-refractivity contribution in [3.8, 4) is 0 Å². The summed E-state index contributed by atoms with van der Waals surface area (Å²) in [7, 11) is 3.54. The smallest absolute Gasteiger partial charge is 0.191 e. The van der Waals surface area contributed by atoms with Crippen molar-refractivity contribution in [1.29, 1.82) is 0 Å². The number of aliphatic imine (C=N–C) groups is 1. The van der Waals surface area contributed by atoms with Crippen LogP contribution in [0.5, 0.6) is 0 Å². The molecule has 1 aliphatic rings. The van der Waals surface area contributed by atoms with E-state index in [1.54, 1.807) is 14.2 Å². The number of aromatic nitrogens is 3. The van der Waals surface area contributed by atoms with Crippen molar-refractivity contribution in [3.05, 3.63) is 11.6 Å². The third-order valence-corrected chi connectivity index (χ3v) is 4.76. The van der Waals surface area contributed by atoms with E-state index in [9.17, 15) is 0 Å². The van der Waals surface area contributed by atoms with Gasteiger partial charge < -0.3 is 19.9 Å². The summed E-state index contributed by atoms with van der Waals surface area (Å²) in [5.74, 6) is 3.01. The zero-order valence-corrected chi connectivity index (χ0v) is 19.2. The lowest BCUT2D eigenvalue weighted by atomic mass is 9.89. The van der Waals surface area contributed by atoms with Crippen LogP contribution in [-0.4, -0.2) is 54.1 Å². The van der Waals surface area contributed by atoms with Gasteiger partial charge in [-0.15, -0.1) is 34.2 Å². The molecular weight excluding hydrogens is 443 g/mol. The van der Waals surface area contributed by atoms with Crippen LogP contribution in [0.1, 0.15) is 51.7 Å². The van der Waals surface area contributed by atoms with E-state index >= 15 is 0 Å². The molecule has 2 heterocycles. The molecule has 1 aliphatic heterocycles. The molecular formula is C18H35IN6O. The fourth-order valence-electron chi connectivity index (χ4n) is 3.18. The molecule has 8 heteroatoms. The Balaban J connectivity index is 0.00000338. The Bertz CT molecular complexity index is 567. The Hall–Kier alpha value is -0.900. The van der Waals surface area contributed by atoms with Crippen LogP contribution < -0.4 is 10.6 Å². The molecule has 0 amide bonds. The van der Waals surface area contributed by atoms with Crippen molar-refractivity contribution in [1.82, 2.24) is 25.4 Å². The standard InChI is InChI=1S/C18H34N6O.HI/c1-18(2,3)14(25-5)13-21-17(19-4)20-11-10-16-23-22-15-9-7-6-8-12-24(15)16;/h14H,6-13H2,1-5H3,(H2,19,20,21);1H. The van der Waals surface area contributed by atoms with E-state index in [0.29, 0.717) is 0 Å². The first-order valence-corrected chi connectivity index (χ1v) is 9.34. The molecule has 1 aromatic rings. The number of hydrogen-bond donors (Lipinski definition) is 2. The molecule has 0 saturated carbocycles. The zero-order valence-electron chi connectivity index (χ0n) is 16.8. The number of methoxy groups -OCH3 is 1. The number of nitrogens with one attached hydrogen (secondary N) is 2. The maximum Gasteiger partial charge on any atom is 0.191 e. The van der Waals surface area contributed by atoms with Crippen molar-refractivity contribution in [2.75, 3.05) is 27.2 Å². The van der Waals surface area contributed by atoms with Crippen LogP contribution in [0.4, 0.5) is 0 Å². The van der Waals surface area contributed by atoms with Gasteiger partial charge in [-0.1, -0.05) is 27.2 Å². The van der Waals surface area contributed by atoms with Crippen LogP contribution in [-0.2, 0) is 24.1 Å². The molecule has 2 N–H and O–H groups in total. The van der Waals surface area contributed by atoms with Crippen molar-refractivity contribution in [3.63, 3.8) is 0 Å². The monoisotopic (exact) mass is 478 g/mol. The van der Waals surface area contributed by atoms with Crippen LogP contribution in [0.3, 0.4) is 0 Å². The van der Waals surface area contributed by atoms with E-state index in [4.69, 9.17) is 4.74 Å². The van der Waals surface area contributed by atoms with Crippen molar-refractivity contribution < 1.29 is 4.74 Å². The number of ether oxygens (including phenoxy) is 1. The summed E-state index contributed by atoms with van der Waals surface area (Å²) in [5.41, 5.74) is 0.0830. The molecule has 1 atom stereocenters. The molecule has 0 bridgehead atoms. The highest BCUT2D eigenvalue weighted by molar-refractivity contribution is 14.0. The Labute approximate surface area is 174 Å². The van der Waals surface area contributed by atoms with Gasteiger partial charge in [-0.25, -0.2) is 0 Å². The SMILES string of the molecule is CN=C(NCCc1nnc2n1CCCCC2)NCC(OC)C(C)(C)C.I. The fraction of sp³-hybridized carbons (Fsp3) is 0.833. The second kappa shape index (κ2) is 11.1. The maximum absolute atomic E-state index is 5.58. The minimum Gasteiger partial charge on any atom is -0.379 e. The van der Waals surface area contributed by atoms with Gasteiger partial charge in [0.1, 0.15) is 11.6 Å². The summed E-state index contributed by atoms with van der Waals surface area (Å²) >= 11 is 0. The molecule has 1 aromatic heterocycles. The number of nitrogens with zero attached hydrogens (tertiary/aromatic N) is 4. The number of aryl methyl sites for hydroxylation is 1. The zero-order chi connectivity index (χ0) is 18.3. The maximum atomic E-state index is 5.58. The molecule has 0 saturated heterocycles. The van der Waals surface area contributed by atoms with Gasteiger partial charge >= 0.3 is 0 Å². The number of guanidine groups is 1. The van der Waals surface area contributed by atoms with E-state index in [1.165, 1.54) is 19.3 Å². The summed E-state index contributed by atoms with van der Waals surface area (Å²) < 4.78 is 7.88. The lowest BCUT2D eigenvalue weighted by Gasteiger charge is -2.30. The Morgan fingerprint density at radius 3 is 2.65 bits per heavy atom. The first-order chi connectivity index (χ1) is 12.0. The van der Waals surface area contributed by atoms with Gasteiger partial charge in [0.25, 0.3) is 0 Å². The van der Waals surface area contributed by atoms with Crippen LogP contribution in [0, 0.1) is 5.41 Å². The summed E-state index contributed by atoms with van der Waals surface area (Å²) in [4.78, 5) is 4.29. The molecule has 2 rings (SSSR count). The lowest BCUT2D eigenvalue weighted by molar-refractivity contribution is 0.0205. The van der Waals surface area contributed by atoms with E-state index in [-0.39, 0.29) is 35.5 Å². The molecule has 0 fully saturated rings. The highest BCUT2D eigenvalue weighted by Gasteiger charge is 2.24. The summed E-state index contributed by atoms with van der Waals surface area (Å²) in [6, 6.07) is 0. The normalized spacial score (nSPS) is 16.3. The van der Waals surface area contributed by atoms with Gasteiger partial charge in [-0.2, -0.15) is 0 Å². The molecule has 0 spiro atoms. The first-order valence-electron chi connectivity index (χ1n) is 9.34. The lowest BCUT2D eigenvalue weighted by Crippen LogP contribution is -2.45. The predicted molar refractivity (Wildman–Crippen MR) is 116 cm³/mol. The average Bonchev–Trinajstić information content (AvgIpc) is 2.79. The van der Waals surface area contributed by atoms with Crippen LogP contribution >= 0.6 is 24.0 Å². The minimum atomic E-state index is 0. The highest BCUT2D eigenvalue weighted by Crippen LogP contribution is 2.20. The predicted octanol–water partition coefficient (Wildman–Crippen LogP) is 2.39. The van der Waals surface area contributed by atoms with Gasteiger partial charge in [-0.05, 0) is 18.3 Å². The first kappa shape index (κ1) is 23.1. The fourth-order valence-corrected chi connectivity index (χ4v) is 3.18. The minimum absolute atomic E-state index is 0. The number of hydrogen-bond acceptors (Lipinski definition) is 4. The number of rotatable bonds is 6. The molecule has 0 aromatic carbocycles. The highest BCUT2D eigenvalue weighted by atomic mass is 127. The Kier molecular flexibility index (Phi) is 9.84. The summed E-state index contributed by atoms with van der Waals surface area (Å²) in [5, 5.41) is 15.4. The molecule has 1 unspecified atom stereocenters.